The molecule has 0 radical (unpaired) electrons. The average Bonchev–Trinajstić information content (AvgIpc) is 2.17. The van der Waals surface area contributed by atoms with Crippen molar-refractivity contribution in [3.05, 3.63) is 0 Å². The number of amides is 1. The van der Waals surface area contributed by atoms with Gasteiger partial charge in [-0.3, -0.25) is 4.79 Å². The first-order valence-electron chi connectivity index (χ1n) is 5.13. The van der Waals surface area contributed by atoms with Gasteiger partial charge in [-0.2, -0.15) is 0 Å². The fourth-order valence-electron chi connectivity index (χ4n) is 1.64. The Bertz CT molecular complexity index is 315. The molecule has 1 amide bonds. The molecule has 1 aliphatic heterocycles. The Morgan fingerprint density at radius 2 is 2.13 bits per heavy atom. The normalized spacial score (nSPS) is 24.7. The fraction of sp³-hybridized carbons (Fsp3) is 0.889. The Morgan fingerprint density at radius 3 is 2.73 bits per heavy atom. The minimum atomic E-state index is -3.18. The summed E-state index contributed by atoms with van der Waals surface area (Å²) in [6.45, 7) is 0.538. The van der Waals surface area contributed by atoms with E-state index in [0.717, 1.165) is 18.2 Å². The number of carbonyl (C=O) groups excluding carboxylic acids is 1. The molecule has 0 bridgehead atoms. The number of hydrogen-bond acceptors (Lipinski definition) is 3. The average molecular weight is 298 g/mol. The van der Waals surface area contributed by atoms with Crippen LogP contribution in [0.15, 0.2) is 0 Å². The summed E-state index contributed by atoms with van der Waals surface area (Å²) in [4.78, 5) is 11.6. The van der Waals surface area contributed by atoms with Crippen LogP contribution in [0.2, 0.25) is 0 Å². The molecular formula is C9H16BrNO3S. The molecule has 1 fully saturated rings. The van der Waals surface area contributed by atoms with Gasteiger partial charge >= 0.3 is 0 Å². The van der Waals surface area contributed by atoms with Crippen molar-refractivity contribution >= 4 is 31.7 Å². The molecule has 1 unspecified atom stereocenters. The zero-order chi connectivity index (χ0) is 11.3. The molecule has 1 atom stereocenters. The number of rotatable bonds is 4. The third-order valence-corrected chi connectivity index (χ3v) is 5.22. The van der Waals surface area contributed by atoms with Crippen LogP contribution in [0.1, 0.15) is 25.7 Å². The summed E-state index contributed by atoms with van der Waals surface area (Å²) in [5.41, 5.74) is 0. The number of alkyl halides is 1. The predicted molar refractivity (Wildman–Crippen MR) is 62.8 cm³/mol. The van der Waals surface area contributed by atoms with E-state index in [-0.39, 0.29) is 11.7 Å². The Morgan fingerprint density at radius 1 is 1.40 bits per heavy atom. The van der Waals surface area contributed by atoms with Crippen molar-refractivity contribution < 1.29 is 13.2 Å². The van der Waals surface area contributed by atoms with E-state index >= 15 is 0 Å². The molecule has 1 N–H and O–H groups in total. The number of sulfone groups is 1. The molecule has 15 heavy (non-hydrogen) atoms. The highest BCUT2D eigenvalue weighted by Crippen LogP contribution is 2.19. The van der Waals surface area contributed by atoms with Crippen LogP contribution in [0.25, 0.3) is 0 Å². The molecule has 1 saturated heterocycles. The molecule has 0 aliphatic carbocycles. The predicted octanol–water partition coefficient (Wildman–Crippen LogP) is 0.855. The number of nitrogens with one attached hydrogen (secondary N) is 1. The molecule has 1 rings (SSSR count). The van der Waals surface area contributed by atoms with Gasteiger partial charge in [-0.15, -0.1) is 0 Å². The maximum Gasteiger partial charge on any atom is 0.238 e. The second-order valence-electron chi connectivity index (χ2n) is 3.68. The molecule has 0 saturated carbocycles. The lowest BCUT2D eigenvalue weighted by Gasteiger charge is -2.21. The van der Waals surface area contributed by atoms with Crippen LogP contribution in [0.4, 0.5) is 0 Å². The monoisotopic (exact) mass is 297 g/mol. The standard InChI is InChI=1S/C9H16BrNO3S/c10-5-3-6-11-9(12)8-4-1-2-7-15(8,13)14/h8H,1-7H2,(H,11,12). The lowest BCUT2D eigenvalue weighted by Crippen LogP contribution is -2.43. The summed E-state index contributed by atoms with van der Waals surface area (Å²) in [5, 5.41) is 2.67. The van der Waals surface area contributed by atoms with Crippen molar-refractivity contribution in [2.45, 2.75) is 30.9 Å². The highest BCUT2D eigenvalue weighted by molar-refractivity contribution is 9.09. The third kappa shape index (κ3) is 3.75. The van der Waals surface area contributed by atoms with Gasteiger partial charge in [0.25, 0.3) is 0 Å². The van der Waals surface area contributed by atoms with Crippen LogP contribution in [-0.2, 0) is 14.6 Å². The van der Waals surface area contributed by atoms with Crippen LogP contribution in [-0.4, -0.2) is 37.2 Å². The van der Waals surface area contributed by atoms with E-state index in [4.69, 9.17) is 0 Å². The molecule has 4 nitrogen and oxygen atoms in total. The Hall–Kier alpha value is -0.100. The minimum absolute atomic E-state index is 0.156. The first-order valence-corrected chi connectivity index (χ1v) is 7.97. The van der Waals surface area contributed by atoms with E-state index in [1.54, 1.807) is 0 Å². The number of halogens is 1. The Balaban J connectivity index is 2.50. The summed E-state index contributed by atoms with van der Waals surface area (Å²) < 4.78 is 23.2. The van der Waals surface area contributed by atoms with E-state index in [0.29, 0.717) is 19.4 Å². The van der Waals surface area contributed by atoms with Gasteiger partial charge in [0.1, 0.15) is 5.25 Å². The summed E-state index contributed by atoms with van der Waals surface area (Å²) in [7, 11) is -3.18. The van der Waals surface area contributed by atoms with Crippen molar-refractivity contribution in [2.75, 3.05) is 17.6 Å². The van der Waals surface area contributed by atoms with E-state index < -0.39 is 15.1 Å². The van der Waals surface area contributed by atoms with Gasteiger partial charge in [0.2, 0.25) is 5.91 Å². The fourth-order valence-corrected chi connectivity index (χ4v) is 3.75. The third-order valence-electron chi connectivity index (χ3n) is 2.48. The highest BCUT2D eigenvalue weighted by atomic mass is 79.9. The lowest BCUT2D eigenvalue weighted by atomic mass is 10.2. The zero-order valence-electron chi connectivity index (χ0n) is 8.54. The van der Waals surface area contributed by atoms with Gasteiger partial charge in [-0.25, -0.2) is 8.42 Å². The maximum atomic E-state index is 11.6. The van der Waals surface area contributed by atoms with Crippen molar-refractivity contribution in [3.63, 3.8) is 0 Å². The van der Waals surface area contributed by atoms with Crippen LogP contribution in [0, 0.1) is 0 Å². The summed E-state index contributed by atoms with van der Waals surface area (Å²) >= 11 is 3.25. The number of hydrogen-bond donors (Lipinski definition) is 1. The van der Waals surface area contributed by atoms with Gasteiger partial charge in [0, 0.05) is 11.9 Å². The minimum Gasteiger partial charge on any atom is -0.355 e. The summed E-state index contributed by atoms with van der Waals surface area (Å²) in [6, 6.07) is 0. The molecule has 1 aliphatic rings. The smallest absolute Gasteiger partial charge is 0.238 e. The van der Waals surface area contributed by atoms with E-state index in [2.05, 4.69) is 21.2 Å². The first kappa shape index (κ1) is 13.0. The molecule has 6 heteroatoms. The molecule has 0 aromatic rings. The first-order chi connectivity index (χ1) is 7.08. The van der Waals surface area contributed by atoms with Crippen molar-refractivity contribution in [2.24, 2.45) is 0 Å². The van der Waals surface area contributed by atoms with Crippen LogP contribution >= 0.6 is 15.9 Å². The topological polar surface area (TPSA) is 63.2 Å². The lowest BCUT2D eigenvalue weighted by molar-refractivity contribution is -0.120. The van der Waals surface area contributed by atoms with Crippen LogP contribution < -0.4 is 5.32 Å². The van der Waals surface area contributed by atoms with Crippen molar-refractivity contribution in [1.82, 2.24) is 5.32 Å². The summed E-state index contributed by atoms with van der Waals surface area (Å²) in [5.74, 6) is -0.167. The van der Waals surface area contributed by atoms with Gasteiger partial charge in [-0.1, -0.05) is 22.4 Å². The molecule has 88 valence electrons. The Kier molecular flexibility index (Phi) is 5.05. The van der Waals surface area contributed by atoms with Crippen molar-refractivity contribution in [1.29, 1.82) is 0 Å². The molecule has 0 spiro atoms. The van der Waals surface area contributed by atoms with Gasteiger partial charge in [0.05, 0.1) is 5.75 Å². The van der Waals surface area contributed by atoms with Crippen molar-refractivity contribution in [3.8, 4) is 0 Å². The van der Waals surface area contributed by atoms with Gasteiger partial charge in [0.15, 0.2) is 9.84 Å². The Labute approximate surface area is 98.9 Å². The van der Waals surface area contributed by atoms with Gasteiger partial charge < -0.3 is 5.32 Å². The SMILES string of the molecule is O=C(NCCCBr)C1CCCCS1(=O)=O. The zero-order valence-corrected chi connectivity index (χ0v) is 10.9. The highest BCUT2D eigenvalue weighted by Gasteiger charge is 2.34. The quantitative estimate of drug-likeness (QED) is 0.618. The van der Waals surface area contributed by atoms with Gasteiger partial charge in [-0.05, 0) is 19.3 Å². The molecular weight excluding hydrogens is 282 g/mol. The number of carbonyl (C=O) groups is 1. The second-order valence-corrected chi connectivity index (χ2v) is 6.78. The largest absolute Gasteiger partial charge is 0.355 e. The van der Waals surface area contributed by atoms with E-state index in [9.17, 15) is 13.2 Å². The molecule has 0 aromatic heterocycles. The molecule has 1 heterocycles. The second kappa shape index (κ2) is 5.84. The van der Waals surface area contributed by atoms with E-state index in [1.807, 2.05) is 0 Å². The van der Waals surface area contributed by atoms with E-state index in [1.165, 1.54) is 0 Å². The maximum absolute atomic E-state index is 11.6. The van der Waals surface area contributed by atoms with Crippen LogP contribution in [0.5, 0.6) is 0 Å². The van der Waals surface area contributed by atoms with Crippen LogP contribution in [0.3, 0.4) is 0 Å². The molecule has 0 aromatic carbocycles. The summed E-state index contributed by atoms with van der Waals surface area (Å²) in [6.07, 6.45) is 2.81.